The molecule has 558 valence electrons. The van der Waals surface area contributed by atoms with Crippen LogP contribution < -0.4 is 14.2 Å². The van der Waals surface area contributed by atoms with Crippen LogP contribution in [0.2, 0.25) is 0 Å². The summed E-state index contributed by atoms with van der Waals surface area (Å²) in [6.45, 7) is -5.33. The summed E-state index contributed by atoms with van der Waals surface area (Å²) in [7, 11) is -52.9. The number of ether oxygens (including phenoxy) is 10. The minimum Gasteiger partial charge on any atom is -0.479 e. The Morgan fingerprint density at radius 2 is 0.653 bits per heavy atom. The fourth-order valence-corrected chi connectivity index (χ4v) is 13.4. The maximum atomic E-state index is 13.1. The molecule has 0 aromatic rings. The first-order valence-electron chi connectivity index (χ1n) is 24.2. The zero-order chi connectivity index (χ0) is 72.6. The summed E-state index contributed by atoms with van der Waals surface area (Å²) < 4.78 is 386. The molecule has 0 bridgehead atoms. The molecule has 5 saturated heterocycles. The molecular weight excluding hydrogens is 1530 g/mol. The Morgan fingerprint density at radius 3 is 1.03 bits per heavy atom. The lowest BCUT2D eigenvalue weighted by atomic mass is 9.94. The van der Waals surface area contributed by atoms with Crippen LogP contribution in [0.25, 0.3) is 0 Å². The van der Waals surface area contributed by atoms with Crippen molar-refractivity contribution in [1.29, 1.82) is 0 Å². The maximum absolute atomic E-state index is 13.1. The van der Waals surface area contributed by atoms with Gasteiger partial charge in [0.2, 0.25) is 0 Å². The van der Waals surface area contributed by atoms with E-state index in [-0.39, 0.29) is 0 Å². The van der Waals surface area contributed by atoms with Crippen molar-refractivity contribution in [2.75, 3.05) is 26.9 Å². The molecule has 5 heterocycles. The fraction of sp³-hybridized carbons (Fsp3) is 0.935. The van der Waals surface area contributed by atoms with Gasteiger partial charge in [-0.15, -0.1) is 0 Å². The second-order valence-corrected chi connectivity index (χ2v) is 29.2. The van der Waals surface area contributed by atoms with Crippen molar-refractivity contribution in [1.82, 2.24) is 14.2 Å². The van der Waals surface area contributed by atoms with Crippen molar-refractivity contribution in [3.8, 4) is 0 Å². The highest BCUT2D eigenvalue weighted by atomic mass is 32.3. The molecule has 55 nitrogen and oxygen atoms in total. The van der Waals surface area contributed by atoms with Crippen LogP contribution in [-0.4, -0.2) is 345 Å². The largest absolute Gasteiger partial charge is 0.479 e. The predicted octanol–water partition coefficient (Wildman–Crippen LogP) is -13.9. The summed E-state index contributed by atoms with van der Waals surface area (Å²) in [5.41, 5.74) is 0. The lowest BCUT2D eigenvalue weighted by Crippen LogP contribution is -2.71. The molecule has 5 rings (SSSR count). The van der Waals surface area contributed by atoms with Gasteiger partial charge in [-0.05, 0) is 0 Å². The van der Waals surface area contributed by atoms with Crippen molar-refractivity contribution >= 4 is 105 Å². The van der Waals surface area contributed by atoms with Gasteiger partial charge in [0.15, 0.2) is 49.8 Å². The predicted molar refractivity (Wildman–Crippen MR) is 272 cm³/mol. The van der Waals surface area contributed by atoms with Gasteiger partial charge in [-0.1, -0.05) is 0 Å². The van der Waals surface area contributed by atoms with E-state index in [0.29, 0.717) is 7.11 Å². The molecule has 0 aliphatic carbocycles. The quantitative estimate of drug-likeness (QED) is 0.0278. The zero-order valence-corrected chi connectivity index (χ0v) is 52.9. The molecule has 0 radical (unpaired) electrons. The van der Waals surface area contributed by atoms with Crippen LogP contribution in [0.15, 0.2) is 0 Å². The highest BCUT2D eigenvalue weighted by Gasteiger charge is 2.62. The molecule has 19 N–H and O–H groups in total. The summed E-state index contributed by atoms with van der Waals surface area (Å²) in [6, 6.07) is -8.60. The zero-order valence-electron chi connectivity index (χ0n) is 45.6. The van der Waals surface area contributed by atoms with Crippen molar-refractivity contribution in [3.05, 3.63) is 0 Å². The Morgan fingerprint density at radius 1 is 0.337 bits per heavy atom. The Bertz CT molecular complexity index is 3770. The van der Waals surface area contributed by atoms with E-state index in [1.165, 1.54) is 9.44 Å². The van der Waals surface area contributed by atoms with Crippen LogP contribution in [-0.2, 0) is 175 Å². The van der Waals surface area contributed by atoms with E-state index in [2.05, 4.69) is 25.1 Å². The standard InChI is InChI=1S/C31H53N3O52S9/c1-71-27-9(33-88(47,48)49)18(84-93(62,63)64)17(6(76-27)3-73-91(56,57)58)79-31-22(86-95(68,69)70)15(39)21(24(83-31)26(42)43)81-29-10(34-89(50,51)52)19(85-94(65,66)67)16(7(77-29)4-74-92(59,60)61)78-30-14(38)13(37)20(23(82-30)25(40)41)80-28-8(32-87(44,45)46)12(36)11(35)5(75-28)2-72-90(53,54)55/h5-24,27-39H,2-4H2,1H3,(H,40,41)(H,42,43)(H,44,45,46)(H,47,48,49)(H,50,51,52)(H,53,54,55)(H,56,57,58)(H,59,60,61)(H,62,63,64)(H,65,66,67)(H,68,69,70)/t5?,6?,7?,8?,9?,10?,11-,12+,13+,14?,15-,16-,17+,18+,19-,20-,21-,22?,23?,24?,27-,28+,29+,30-,31-/m1/s1. The van der Waals surface area contributed by atoms with Gasteiger partial charge >= 0.3 is 105 Å². The number of hydrogen-bond donors (Lipinski definition) is 19. The number of carbonyl (C=O) groups is 2. The Balaban J connectivity index is 1.63. The van der Waals surface area contributed by atoms with Crippen molar-refractivity contribution in [2.45, 2.75) is 153 Å². The van der Waals surface area contributed by atoms with Gasteiger partial charge in [-0.2, -0.15) is 89.9 Å². The summed E-state index contributed by atoms with van der Waals surface area (Å²) in [5, 5.41) is 76.7. The lowest BCUT2D eigenvalue weighted by Gasteiger charge is -2.50. The summed E-state index contributed by atoms with van der Waals surface area (Å²) >= 11 is 0. The fourth-order valence-electron chi connectivity index (χ4n) is 9.22. The lowest BCUT2D eigenvalue weighted by molar-refractivity contribution is -0.372. The third-order valence-electron chi connectivity index (χ3n) is 12.6. The van der Waals surface area contributed by atoms with Crippen molar-refractivity contribution in [2.24, 2.45) is 0 Å². The number of nitrogens with one attached hydrogen (secondary N) is 3. The van der Waals surface area contributed by atoms with E-state index in [1.54, 1.807) is 0 Å². The van der Waals surface area contributed by atoms with Crippen LogP contribution in [0.3, 0.4) is 0 Å². The minimum atomic E-state index is -6.41. The molecule has 64 heteroatoms. The van der Waals surface area contributed by atoms with Gasteiger partial charge < -0.3 is 83.1 Å². The number of hydrogen-bond acceptors (Lipinski definition) is 41. The van der Waals surface area contributed by atoms with Gasteiger partial charge in [0.1, 0.15) is 104 Å². The highest BCUT2D eigenvalue weighted by molar-refractivity contribution is 7.84. The molecule has 95 heavy (non-hydrogen) atoms. The van der Waals surface area contributed by atoms with E-state index in [4.69, 9.17) is 51.9 Å². The Hall–Kier alpha value is -2.83. The molecular formula is C31H53N3O52S9. The second-order valence-electron chi connectivity index (χ2n) is 19.2. The number of methoxy groups -OCH3 is 1. The molecule has 0 spiro atoms. The summed E-state index contributed by atoms with van der Waals surface area (Å²) in [6.07, 6.45) is -66.1. The van der Waals surface area contributed by atoms with Gasteiger partial charge in [0, 0.05) is 7.11 Å². The number of aliphatic hydroxyl groups is 5. The van der Waals surface area contributed by atoms with Crippen LogP contribution in [0, 0.1) is 0 Å². The molecule has 10 unspecified atom stereocenters. The number of aliphatic hydroxyl groups excluding tert-OH is 5. The number of rotatable bonds is 32. The summed E-state index contributed by atoms with van der Waals surface area (Å²) in [4.78, 5) is 25.9. The van der Waals surface area contributed by atoms with Crippen LogP contribution in [0.4, 0.5) is 0 Å². The Kier molecular flexibility index (Phi) is 27.2. The first kappa shape index (κ1) is 82.8. The van der Waals surface area contributed by atoms with E-state index >= 15 is 0 Å². The average Bonchev–Trinajstić information content (AvgIpc) is 0.764. The minimum absolute atomic E-state index is 0.608. The molecule has 0 aromatic heterocycles. The van der Waals surface area contributed by atoms with E-state index in [1.807, 2.05) is 0 Å². The van der Waals surface area contributed by atoms with E-state index in [0.717, 1.165) is 4.72 Å². The van der Waals surface area contributed by atoms with Gasteiger partial charge in [-0.3, -0.25) is 41.0 Å². The maximum Gasteiger partial charge on any atom is 0.397 e. The molecule has 25 atom stereocenters. The summed E-state index contributed by atoms with van der Waals surface area (Å²) in [5.74, 6) is -5.04. The van der Waals surface area contributed by atoms with Crippen molar-refractivity contribution < 1.29 is 235 Å². The number of carboxylic acids is 2. The first-order chi connectivity index (χ1) is 42.8. The average molecular weight is 1590 g/mol. The Labute approximate surface area is 531 Å². The van der Waals surface area contributed by atoms with Gasteiger partial charge in [0.25, 0.3) is 0 Å². The molecule has 5 aliphatic rings. The molecule has 0 saturated carbocycles. The van der Waals surface area contributed by atoms with Gasteiger partial charge in [-0.25, -0.2) is 34.7 Å². The normalized spacial score (nSPS) is 37.7. The van der Waals surface area contributed by atoms with Crippen LogP contribution in [0.1, 0.15) is 0 Å². The van der Waals surface area contributed by atoms with Gasteiger partial charge in [0.05, 0.1) is 19.8 Å². The monoisotopic (exact) mass is 1590 g/mol. The van der Waals surface area contributed by atoms with Crippen LogP contribution in [0.5, 0.6) is 0 Å². The first-order valence-corrected chi connectivity index (χ1v) is 36.7. The molecule has 5 fully saturated rings. The van der Waals surface area contributed by atoms with E-state index < -0.39 is 278 Å². The van der Waals surface area contributed by atoms with Crippen molar-refractivity contribution in [3.63, 3.8) is 0 Å². The highest BCUT2D eigenvalue weighted by Crippen LogP contribution is 2.39. The number of aliphatic carboxylic acids is 2. The van der Waals surface area contributed by atoms with E-state index in [9.17, 15) is 158 Å². The molecule has 0 amide bonds. The SMILES string of the molecule is CO[C@@H]1OC(COS(=O)(=O)O)[C@H](O[C@@H]2OC(C(=O)O)[C@H](O[C@@H]3OC(COS(=O)(=O)O)[C@@H](O[C@@H]4OC(C(=O)O)[C@H](O[C@@H]5OC(COS(=O)(=O)O)[C@@H](O)[C@@H](O)C5NS(=O)(=O)O)[C@@H](O)C4O)[C@H](OS(=O)(=O)O)C3NS(=O)(=O)O)[C@@H](O)C2OS(=O)(=O)O)[C@@H](OS(=O)(=O)O)C1NS(=O)(=O)O. The third-order valence-corrected chi connectivity index (χ3v) is 17.0. The van der Waals surface area contributed by atoms with Crippen LogP contribution >= 0.6 is 0 Å². The number of carboxylic acid groups (broad SMARTS) is 2. The second kappa shape index (κ2) is 31.2. The molecule has 5 aliphatic heterocycles. The molecule has 0 aromatic carbocycles. The smallest absolute Gasteiger partial charge is 0.397 e. The topological polar surface area (TPSA) is 849 Å². The third kappa shape index (κ3) is 24.7.